The molecule has 1 aromatic carbocycles. The van der Waals surface area contributed by atoms with E-state index in [-0.39, 0.29) is 17.0 Å². The number of hydrogen-bond donors (Lipinski definition) is 3. The molecule has 4 atom stereocenters. The highest BCUT2D eigenvalue weighted by Crippen LogP contribution is 2.52. The van der Waals surface area contributed by atoms with Crippen LogP contribution in [0.1, 0.15) is 49.2 Å². The summed E-state index contributed by atoms with van der Waals surface area (Å²) < 4.78 is 29.5. The Hall–Kier alpha value is -4.01. The van der Waals surface area contributed by atoms with Gasteiger partial charge in [-0.3, -0.25) is 0 Å². The molecular formula is C26H25N7O3S. The summed E-state index contributed by atoms with van der Waals surface area (Å²) in [6, 6.07) is 9.86. The van der Waals surface area contributed by atoms with E-state index in [1.165, 1.54) is 18.6 Å². The number of H-pyrrole nitrogens is 1. The van der Waals surface area contributed by atoms with Crippen LogP contribution >= 0.6 is 0 Å². The van der Waals surface area contributed by atoms with Crippen LogP contribution < -0.4 is 15.2 Å². The van der Waals surface area contributed by atoms with Crippen molar-refractivity contribution in [2.45, 2.75) is 43.2 Å². The highest BCUT2D eigenvalue weighted by Gasteiger charge is 2.47. The Kier molecular flexibility index (Phi) is 5.78. The first kappa shape index (κ1) is 23.4. The number of ether oxygens (including phenoxy) is 1. The number of nitrogens with one attached hydrogen (secondary N) is 2. The van der Waals surface area contributed by atoms with E-state index in [0.717, 1.165) is 30.2 Å². The van der Waals surface area contributed by atoms with Gasteiger partial charge in [0.1, 0.15) is 17.5 Å². The van der Waals surface area contributed by atoms with Gasteiger partial charge >= 0.3 is 0 Å². The molecule has 188 valence electrons. The molecule has 0 bridgehead atoms. The number of aromatic amines is 1. The van der Waals surface area contributed by atoms with Crippen LogP contribution in [0, 0.1) is 23.7 Å². The largest absolute Gasteiger partial charge is 0.473 e. The van der Waals surface area contributed by atoms with Crippen molar-refractivity contribution in [3.63, 3.8) is 0 Å². The molecule has 6 rings (SSSR count). The zero-order valence-electron chi connectivity index (χ0n) is 20.0. The normalized spacial score (nSPS) is 21.1. The number of primary sulfonamides is 1. The van der Waals surface area contributed by atoms with Crippen molar-refractivity contribution in [1.29, 1.82) is 0 Å². The molecule has 2 saturated carbocycles. The van der Waals surface area contributed by atoms with Gasteiger partial charge in [0.05, 0.1) is 22.8 Å². The number of imidazole rings is 1. The molecule has 0 spiro atoms. The maximum absolute atomic E-state index is 11.6. The molecule has 1 unspecified atom stereocenters. The van der Waals surface area contributed by atoms with Crippen molar-refractivity contribution in [1.82, 2.24) is 24.9 Å². The number of nitrogens with zero attached hydrogens (tertiary/aromatic N) is 4. The summed E-state index contributed by atoms with van der Waals surface area (Å²) in [5.74, 6) is 8.37. The van der Waals surface area contributed by atoms with Gasteiger partial charge in [-0.25, -0.2) is 28.5 Å². The topological polar surface area (TPSA) is 149 Å². The second kappa shape index (κ2) is 9.14. The first-order valence-corrected chi connectivity index (χ1v) is 13.6. The third-order valence-corrected chi connectivity index (χ3v) is 7.79. The van der Waals surface area contributed by atoms with Crippen molar-refractivity contribution in [2.24, 2.45) is 17.0 Å². The van der Waals surface area contributed by atoms with Gasteiger partial charge < -0.3 is 15.0 Å². The highest BCUT2D eigenvalue weighted by molar-refractivity contribution is 7.89. The lowest BCUT2D eigenvalue weighted by atomic mass is 10.1. The van der Waals surface area contributed by atoms with E-state index in [1.807, 2.05) is 19.1 Å². The van der Waals surface area contributed by atoms with Crippen LogP contribution in [0.25, 0.3) is 11.0 Å². The molecule has 4 aromatic rings. The van der Waals surface area contributed by atoms with E-state index in [2.05, 4.69) is 37.1 Å². The first-order chi connectivity index (χ1) is 17.8. The van der Waals surface area contributed by atoms with Gasteiger partial charge in [0, 0.05) is 6.20 Å². The molecule has 2 fully saturated rings. The highest BCUT2D eigenvalue weighted by atomic mass is 32.2. The minimum atomic E-state index is -3.75. The smallest absolute Gasteiger partial charge is 0.245 e. The predicted octanol–water partition coefficient (Wildman–Crippen LogP) is 3.15. The standard InChI is InChI=1S/C26H25N7O3S/c1-15(16-2-7-22(8-3-16)37(27,34)35)30-26-32-23-9-6-19(4-5-20-13-28-14-29-20)31-24(23)25(33-26)36-21-11-17-10-18(17)12-21/h2-3,6-9,13-15,17-18,21H,10-12H2,1H3,(H,28,29)(H2,27,34,35)(H,30,32,33)/t15-,17+,18?,21-/m1/s1. The molecule has 3 heterocycles. The van der Waals surface area contributed by atoms with E-state index < -0.39 is 10.0 Å². The van der Waals surface area contributed by atoms with Crippen molar-refractivity contribution in [3.05, 3.63) is 65.9 Å². The van der Waals surface area contributed by atoms with Crippen molar-refractivity contribution in [2.75, 3.05) is 5.32 Å². The summed E-state index contributed by atoms with van der Waals surface area (Å²) in [5, 5.41) is 8.51. The summed E-state index contributed by atoms with van der Waals surface area (Å²) in [7, 11) is -3.75. The minimum absolute atomic E-state index is 0.0629. The van der Waals surface area contributed by atoms with Crippen LogP contribution in [0.2, 0.25) is 0 Å². The molecule has 37 heavy (non-hydrogen) atoms. The average Bonchev–Trinajstić information content (AvgIpc) is 3.23. The Morgan fingerprint density at radius 2 is 1.78 bits per heavy atom. The second-order valence-corrected chi connectivity index (χ2v) is 11.1. The van der Waals surface area contributed by atoms with Gasteiger partial charge in [-0.1, -0.05) is 12.1 Å². The number of benzene rings is 1. The summed E-state index contributed by atoms with van der Waals surface area (Å²) >= 11 is 0. The molecule has 0 saturated heterocycles. The number of hydrogen-bond acceptors (Lipinski definition) is 8. The molecule has 0 aliphatic heterocycles. The maximum Gasteiger partial charge on any atom is 0.245 e. The monoisotopic (exact) mass is 515 g/mol. The Labute approximate surface area is 214 Å². The number of nitrogens with two attached hydrogens (primary N) is 1. The van der Waals surface area contributed by atoms with Gasteiger partial charge in [0.2, 0.25) is 21.9 Å². The van der Waals surface area contributed by atoms with Crippen LogP contribution in [-0.2, 0) is 10.0 Å². The van der Waals surface area contributed by atoms with Gasteiger partial charge in [-0.2, -0.15) is 4.98 Å². The lowest BCUT2D eigenvalue weighted by molar-refractivity contribution is 0.189. The number of rotatable bonds is 6. The van der Waals surface area contributed by atoms with E-state index in [0.29, 0.717) is 34.2 Å². The number of sulfonamides is 1. The van der Waals surface area contributed by atoms with Crippen molar-refractivity contribution in [3.8, 4) is 17.7 Å². The molecule has 4 N–H and O–H groups in total. The molecule has 2 aliphatic rings. The fraction of sp³-hybridized carbons (Fsp3) is 0.308. The van der Waals surface area contributed by atoms with Gasteiger partial charge in [-0.05, 0) is 79.7 Å². The number of pyridine rings is 1. The zero-order chi connectivity index (χ0) is 25.6. The molecule has 10 nitrogen and oxygen atoms in total. The summed E-state index contributed by atoms with van der Waals surface area (Å²) in [5.41, 5.74) is 3.26. The van der Waals surface area contributed by atoms with Crippen molar-refractivity contribution >= 4 is 27.0 Å². The average molecular weight is 516 g/mol. The SMILES string of the molecule is C[C@@H](Nc1nc(O[C@H]2CC3C[C@H]3C2)c2nc(C#Cc3c[nH]cn3)ccc2n1)c1ccc(S(N)(=O)=O)cc1. The van der Waals surface area contributed by atoms with Crippen LogP contribution in [0.3, 0.4) is 0 Å². The van der Waals surface area contributed by atoms with Crippen molar-refractivity contribution < 1.29 is 13.2 Å². The Bertz CT molecular complexity index is 1620. The van der Waals surface area contributed by atoms with Gasteiger partial charge in [-0.15, -0.1) is 0 Å². The number of aromatic nitrogens is 5. The van der Waals surface area contributed by atoms with Gasteiger partial charge in [0.15, 0.2) is 5.52 Å². The molecule has 2 aliphatic carbocycles. The second-order valence-electron chi connectivity index (χ2n) is 9.57. The number of anilines is 1. The maximum atomic E-state index is 11.6. The van der Waals surface area contributed by atoms with E-state index in [4.69, 9.17) is 14.9 Å². The fourth-order valence-electron chi connectivity index (χ4n) is 4.80. The van der Waals surface area contributed by atoms with Gasteiger partial charge in [0.25, 0.3) is 0 Å². The Morgan fingerprint density at radius 1 is 1.03 bits per heavy atom. The summed E-state index contributed by atoms with van der Waals surface area (Å²) in [4.78, 5) is 21.1. The van der Waals surface area contributed by atoms with E-state index in [1.54, 1.807) is 24.7 Å². The van der Waals surface area contributed by atoms with E-state index in [9.17, 15) is 8.42 Å². The molecule has 0 radical (unpaired) electrons. The third-order valence-electron chi connectivity index (χ3n) is 6.86. The molecular weight excluding hydrogens is 490 g/mol. The predicted molar refractivity (Wildman–Crippen MR) is 137 cm³/mol. The Balaban J connectivity index is 1.30. The molecule has 11 heteroatoms. The molecule has 0 amide bonds. The van der Waals surface area contributed by atoms with E-state index >= 15 is 0 Å². The summed E-state index contributed by atoms with van der Waals surface area (Å²) in [6.45, 7) is 1.94. The minimum Gasteiger partial charge on any atom is -0.473 e. The lowest BCUT2D eigenvalue weighted by Crippen LogP contribution is -2.17. The zero-order valence-corrected chi connectivity index (χ0v) is 20.9. The lowest BCUT2D eigenvalue weighted by Gasteiger charge is -2.18. The fourth-order valence-corrected chi connectivity index (χ4v) is 5.31. The quantitative estimate of drug-likeness (QED) is 0.332. The van der Waals surface area contributed by atoms with Crippen LogP contribution in [-0.4, -0.2) is 39.4 Å². The van der Waals surface area contributed by atoms with Crippen LogP contribution in [0.5, 0.6) is 5.88 Å². The van der Waals surface area contributed by atoms with Crippen LogP contribution in [0.4, 0.5) is 5.95 Å². The third kappa shape index (κ3) is 5.12. The summed E-state index contributed by atoms with van der Waals surface area (Å²) in [6.07, 6.45) is 6.77. The Morgan fingerprint density at radius 3 is 2.49 bits per heavy atom. The number of fused-ring (bicyclic) bond motifs is 2. The molecule has 3 aromatic heterocycles. The first-order valence-electron chi connectivity index (χ1n) is 12.1. The van der Waals surface area contributed by atoms with Crippen LogP contribution in [0.15, 0.2) is 53.8 Å².